The van der Waals surface area contributed by atoms with Gasteiger partial charge in [0, 0.05) is 18.1 Å². The van der Waals surface area contributed by atoms with Gasteiger partial charge >= 0.3 is 7.75 Å². The second kappa shape index (κ2) is 7.63. The third-order valence-corrected chi connectivity index (χ3v) is 4.97. The Balaban J connectivity index is 2.42. The smallest absolute Gasteiger partial charge is 0.350 e. The molecule has 2 aromatic rings. The maximum atomic E-state index is 11.9. The van der Waals surface area contributed by atoms with Gasteiger partial charge in [-0.1, -0.05) is 11.6 Å². The van der Waals surface area contributed by atoms with Gasteiger partial charge in [-0.05, 0) is 38.0 Å². The summed E-state index contributed by atoms with van der Waals surface area (Å²) in [6.45, 7) is 5.82. The fourth-order valence-corrected chi connectivity index (χ4v) is 3.27. The molecule has 1 aromatic heterocycles. The molecule has 0 spiro atoms. The Bertz CT molecular complexity index is 808. The van der Waals surface area contributed by atoms with Gasteiger partial charge in [0.05, 0.1) is 17.6 Å². The molecular formula is C14H20ClN4O4P. The minimum absolute atomic E-state index is 0.0242. The summed E-state index contributed by atoms with van der Waals surface area (Å²) in [6, 6.07) is 1.67. The molecule has 8 nitrogen and oxygen atoms in total. The predicted molar refractivity (Wildman–Crippen MR) is 92.1 cm³/mol. The normalized spacial score (nSPS) is 13.9. The van der Waals surface area contributed by atoms with E-state index >= 15 is 0 Å². The Hall–Kier alpha value is -1.44. The Kier molecular flexibility index (Phi) is 6.01. The summed E-state index contributed by atoms with van der Waals surface area (Å²) < 4.78 is 16.6. The lowest BCUT2D eigenvalue weighted by atomic mass is 10.1. The second-order valence-electron chi connectivity index (χ2n) is 5.08. The zero-order valence-electron chi connectivity index (χ0n) is 13.6. The molecule has 4 N–H and O–H groups in total. The minimum atomic E-state index is -3.90. The molecule has 0 aliphatic carbocycles. The van der Waals surface area contributed by atoms with E-state index in [0.717, 1.165) is 0 Å². The van der Waals surface area contributed by atoms with Crippen molar-refractivity contribution in [2.45, 2.75) is 27.3 Å². The number of benzene rings is 1. The molecule has 0 saturated carbocycles. The molecular weight excluding hydrogens is 355 g/mol. The van der Waals surface area contributed by atoms with Crippen LogP contribution in [-0.2, 0) is 15.6 Å². The van der Waals surface area contributed by atoms with Gasteiger partial charge in [-0.15, -0.1) is 0 Å². The summed E-state index contributed by atoms with van der Waals surface area (Å²) in [5.41, 5.74) is 2.43. The Labute approximate surface area is 144 Å². The van der Waals surface area contributed by atoms with Crippen molar-refractivity contribution in [3.63, 3.8) is 0 Å². The summed E-state index contributed by atoms with van der Waals surface area (Å²) in [5.74, 6) is -0.171. The average Bonchev–Trinajstić information content (AvgIpc) is 2.91. The summed E-state index contributed by atoms with van der Waals surface area (Å²) in [5, 5.41) is 5.60. The van der Waals surface area contributed by atoms with E-state index in [1.54, 1.807) is 19.9 Å². The van der Waals surface area contributed by atoms with Gasteiger partial charge in [0.25, 0.3) is 5.91 Å². The zero-order valence-corrected chi connectivity index (χ0v) is 15.3. The van der Waals surface area contributed by atoms with E-state index in [4.69, 9.17) is 16.1 Å². The van der Waals surface area contributed by atoms with Crippen LogP contribution in [0.2, 0.25) is 5.02 Å². The van der Waals surface area contributed by atoms with E-state index in [1.165, 1.54) is 0 Å². The number of H-pyrrole nitrogens is 1. The molecule has 132 valence electrons. The third-order valence-electron chi connectivity index (χ3n) is 3.41. The molecule has 0 aliphatic rings. The van der Waals surface area contributed by atoms with E-state index < -0.39 is 7.75 Å². The van der Waals surface area contributed by atoms with Crippen LogP contribution < -0.4 is 10.4 Å². The molecule has 1 heterocycles. The molecule has 1 amide bonds. The number of imidazole rings is 1. The first-order valence-corrected chi connectivity index (χ1v) is 9.43. The topological polar surface area (TPSA) is 116 Å². The van der Waals surface area contributed by atoms with Crippen molar-refractivity contribution in [1.29, 1.82) is 0 Å². The van der Waals surface area contributed by atoms with Crippen LogP contribution in [-0.4, -0.2) is 33.9 Å². The van der Waals surface area contributed by atoms with Gasteiger partial charge < -0.3 is 15.2 Å². The van der Waals surface area contributed by atoms with Crippen molar-refractivity contribution in [2.24, 2.45) is 0 Å². The molecule has 0 fully saturated rings. The number of fused-ring (bicyclic) bond motifs is 1. The van der Waals surface area contributed by atoms with E-state index in [2.05, 4.69) is 20.4 Å². The Morgan fingerprint density at radius 1 is 1.50 bits per heavy atom. The summed E-state index contributed by atoms with van der Waals surface area (Å²) in [6.07, 6.45) is 0. The van der Waals surface area contributed by atoms with E-state index in [-0.39, 0.29) is 24.9 Å². The van der Waals surface area contributed by atoms with Gasteiger partial charge in [0.15, 0.2) is 5.82 Å². The molecule has 1 atom stereocenters. The number of hydrogen-bond donors (Lipinski definition) is 4. The maximum Gasteiger partial charge on any atom is 0.403 e. The third kappa shape index (κ3) is 4.15. The molecule has 0 bridgehead atoms. The van der Waals surface area contributed by atoms with Crippen LogP contribution in [0.25, 0.3) is 11.0 Å². The van der Waals surface area contributed by atoms with Crippen LogP contribution >= 0.6 is 19.3 Å². The molecule has 2 rings (SSSR count). The second-order valence-corrected chi connectivity index (χ2v) is 7.10. The number of carbonyl (C=O) groups is 1. The molecule has 0 aliphatic heterocycles. The van der Waals surface area contributed by atoms with Gasteiger partial charge in [0.2, 0.25) is 0 Å². The van der Waals surface area contributed by atoms with Crippen molar-refractivity contribution >= 4 is 36.3 Å². The first kappa shape index (κ1) is 18.9. The number of rotatable bonds is 7. The SMILES string of the molecule is CCNC(=O)c1nc2c(CNP(=O)(O)OCC)c(C)c(Cl)cc2[nH]1. The van der Waals surface area contributed by atoms with Crippen molar-refractivity contribution in [3.8, 4) is 0 Å². The number of nitrogens with one attached hydrogen (secondary N) is 3. The van der Waals surface area contributed by atoms with Gasteiger partial charge in [-0.2, -0.15) is 0 Å². The van der Waals surface area contributed by atoms with Crippen molar-refractivity contribution in [1.82, 2.24) is 20.4 Å². The quantitative estimate of drug-likeness (QED) is 0.553. The lowest BCUT2D eigenvalue weighted by molar-refractivity contribution is 0.0946. The monoisotopic (exact) mass is 374 g/mol. The van der Waals surface area contributed by atoms with Crippen LogP contribution in [0.15, 0.2) is 6.07 Å². The molecule has 1 aromatic carbocycles. The maximum absolute atomic E-state index is 11.9. The van der Waals surface area contributed by atoms with Crippen molar-refractivity contribution in [2.75, 3.05) is 13.2 Å². The highest BCUT2D eigenvalue weighted by molar-refractivity contribution is 7.50. The van der Waals surface area contributed by atoms with Gasteiger partial charge in [-0.3, -0.25) is 9.32 Å². The Morgan fingerprint density at radius 2 is 2.21 bits per heavy atom. The summed E-state index contributed by atoms with van der Waals surface area (Å²) >= 11 is 6.22. The first-order valence-electron chi connectivity index (χ1n) is 7.47. The van der Waals surface area contributed by atoms with Crippen molar-refractivity contribution < 1.29 is 18.8 Å². The van der Waals surface area contributed by atoms with Crippen LogP contribution in [0, 0.1) is 6.92 Å². The summed E-state index contributed by atoms with van der Waals surface area (Å²) in [7, 11) is -3.90. The first-order chi connectivity index (χ1) is 11.3. The highest BCUT2D eigenvalue weighted by Crippen LogP contribution is 2.38. The number of aromatic nitrogens is 2. The molecule has 0 radical (unpaired) electrons. The Morgan fingerprint density at radius 3 is 2.83 bits per heavy atom. The number of amides is 1. The van der Waals surface area contributed by atoms with Crippen LogP contribution in [0.1, 0.15) is 35.6 Å². The van der Waals surface area contributed by atoms with E-state index in [1.807, 2.05) is 6.92 Å². The number of aromatic amines is 1. The van der Waals surface area contributed by atoms with E-state index in [9.17, 15) is 14.3 Å². The number of nitrogens with zero attached hydrogens (tertiary/aromatic N) is 1. The predicted octanol–water partition coefficient (Wildman–Crippen LogP) is 2.50. The number of halogens is 1. The van der Waals surface area contributed by atoms with Crippen molar-refractivity contribution in [3.05, 3.63) is 28.0 Å². The molecule has 1 unspecified atom stereocenters. The molecule has 0 saturated heterocycles. The number of hydrogen-bond acceptors (Lipinski definition) is 4. The van der Waals surface area contributed by atoms with Crippen LogP contribution in [0.4, 0.5) is 0 Å². The number of carbonyl (C=O) groups excluding carboxylic acids is 1. The lowest BCUT2D eigenvalue weighted by Crippen LogP contribution is -2.23. The molecule has 10 heteroatoms. The van der Waals surface area contributed by atoms with Gasteiger partial charge in [0.1, 0.15) is 0 Å². The molecule has 24 heavy (non-hydrogen) atoms. The highest BCUT2D eigenvalue weighted by Gasteiger charge is 2.21. The largest absolute Gasteiger partial charge is 0.403 e. The average molecular weight is 375 g/mol. The summed E-state index contributed by atoms with van der Waals surface area (Å²) in [4.78, 5) is 28.8. The van der Waals surface area contributed by atoms with E-state index in [0.29, 0.717) is 33.7 Å². The minimum Gasteiger partial charge on any atom is -0.350 e. The van der Waals surface area contributed by atoms with Gasteiger partial charge in [-0.25, -0.2) is 14.6 Å². The van der Waals surface area contributed by atoms with Crippen LogP contribution in [0.5, 0.6) is 0 Å². The lowest BCUT2D eigenvalue weighted by Gasteiger charge is -2.14. The fraction of sp³-hybridized carbons (Fsp3) is 0.429. The zero-order chi connectivity index (χ0) is 17.9. The fourth-order valence-electron chi connectivity index (χ4n) is 2.25. The highest BCUT2D eigenvalue weighted by atomic mass is 35.5. The van der Waals surface area contributed by atoms with Crippen LogP contribution in [0.3, 0.4) is 0 Å². The standard InChI is InChI=1S/C14H20ClN4O4P/c1-4-16-14(20)13-18-11-6-10(15)8(3)9(12(11)19-13)7-17-24(21,22)23-5-2/h6H,4-5,7H2,1-3H3,(H,16,20)(H,18,19)(H2,17,21,22).